The van der Waals surface area contributed by atoms with E-state index in [-0.39, 0.29) is 24.6 Å². The number of alkyl halides is 3. The van der Waals surface area contributed by atoms with Gasteiger partial charge in [-0.15, -0.1) is 0 Å². The summed E-state index contributed by atoms with van der Waals surface area (Å²) in [5, 5.41) is 9.78. The molecule has 38 heavy (non-hydrogen) atoms. The molecule has 0 spiro atoms. The van der Waals surface area contributed by atoms with E-state index in [0.717, 1.165) is 13.1 Å². The first-order valence-electron chi connectivity index (χ1n) is 12.9. The molecule has 0 saturated carbocycles. The Morgan fingerprint density at radius 1 is 1.08 bits per heavy atom. The molecule has 2 aromatic carbocycles. The number of rotatable bonds is 9. The second-order valence-electron chi connectivity index (χ2n) is 10.7. The number of likely N-dealkylation sites (tertiary alicyclic amines) is 1. The van der Waals surface area contributed by atoms with E-state index < -0.39 is 48.6 Å². The smallest absolute Gasteiger partial charge is 0.283 e. The first-order chi connectivity index (χ1) is 18.1. The van der Waals surface area contributed by atoms with Crippen LogP contribution in [0.15, 0.2) is 30.3 Å². The van der Waals surface area contributed by atoms with E-state index in [1.165, 1.54) is 35.2 Å². The zero-order chi connectivity index (χ0) is 27.2. The Hall–Kier alpha value is -2.56. The van der Waals surface area contributed by atoms with Gasteiger partial charge in [-0.3, -0.25) is 9.29 Å². The third kappa shape index (κ3) is 5.18. The molecular formula is C28H31F6N3O. The van der Waals surface area contributed by atoms with Crippen molar-refractivity contribution in [1.29, 1.82) is 0 Å². The quantitative estimate of drug-likeness (QED) is 0.359. The van der Waals surface area contributed by atoms with Gasteiger partial charge in [0, 0.05) is 47.8 Å². The van der Waals surface area contributed by atoms with Crippen molar-refractivity contribution in [2.75, 3.05) is 39.5 Å². The van der Waals surface area contributed by atoms with Gasteiger partial charge in [0.25, 0.3) is 5.92 Å². The number of aliphatic hydroxyl groups is 1. The second kappa shape index (κ2) is 10.5. The summed E-state index contributed by atoms with van der Waals surface area (Å²) in [6.07, 6.45) is 1.17. The minimum Gasteiger partial charge on any atom is -0.390 e. The highest BCUT2D eigenvalue weighted by Crippen LogP contribution is 2.43. The Balaban J connectivity index is 1.52. The van der Waals surface area contributed by atoms with Gasteiger partial charge in [-0.05, 0) is 73.6 Å². The van der Waals surface area contributed by atoms with E-state index >= 15 is 8.78 Å². The lowest BCUT2D eigenvalue weighted by Gasteiger charge is -2.42. The second-order valence-corrected chi connectivity index (χ2v) is 10.7. The van der Waals surface area contributed by atoms with Gasteiger partial charge in [-0.2, -0.15) is 0 Å². The Labute approximate surface area is 217 Å². The van der Waals surface area contributed by atoms with Gasteiger partial charge in [0.05, 0.1) is 19.3 Å². The molecule has 1 aromatic heterocycles. The normalized spacial score (nSPS) is 21.2. The average Bonchev–Trinajstić information content (AvgIpc) is 3.18. The molecule has 0 radical (unpaired) electrons. The molecule has 2 atom stereocenters. The van der Waals surface area contributed by atoms with Crippen molar-refractivity contribution in [3.05, 3.63) is 70.2 Å². The molecule has 206 valence electrons. The first-order valence-corrected chi connectivity index (χ1v) is 12.9. The van der Waals surface area contributed by atoms with E-state index in [1.807, 2.05) is 0 Å². The number of hydrogen-bond donors (Lipinski definition) is 2. The molecule has 2 aliphatic rings. The molecule has 0 aliphatic carbocycles. The molecular weight excluding hydrogens is 508 g/mol. The molecule has 0 bridgehead atoms. The van der Waals surface area contributed by atoms with E-state index in [1.54, 1.807) is 6.92 Å². The summed E-state index contributed by atoms with van der Waals surface area (Å²) in [5.41, 5.74) is 1.62. The third-order valence-electron chi connectivity index (χ3n) is 7.79. The average molecular weight is 540 g/mol. The fraction of sp³-hybridized carbons (Fsp3) is 0.500. The number of hydrogen-bond acceptors (Lipinski definition) is 3. The summed E-state index contributed by atoms with van der Waals surface area (Å²) < 4.78 is 86.7. The SMILES string of the molecule is C[C@@H]1Cc2c([nH]c3ccc(F)cc23)[C@@H](c2c(F)cc(CC3CN(CCCF)C3)cc2F)N1CC(F)(F)CO. The number of nitrogens with zero attached hydrogens (tertiary/aromatic N) is 2. The minimum absolute atomic E-state index is 0.198. The predicted octanol–water partition coefficient (Wildman–Crippen LogP) is 5.38. The lowest BCUT2D eigenvalue weighted by molar-refractivity contribution is -0.0869. The highest BCUT2D eigenvalue weighted by Gasteiger charge is 2.43. The summed E-state index contributed by atoms with van der Waals surface area (Å²) in [4.78, 5) is 6.50. The number of H-pyrrole nitrogens is 1. The molecule has 0 unspecified atom stereocenters. The van der Waals surface area contributed by atoms with E-state index in [0.29, 0.717) is 47.1 Å². The van der Waals surface area contributed by atoms with Crippen LogP contribution in [0.1, 0.15) is 41.8 Å². The maximum absolute atomic E-state index is 15.7. The lowest BCUT2D eigenvalue weighted by Crippen LogP contribution is -2.49. The van der Waals surface area contributed by atoms with Gasteiger partial charge in [0.2, 0.25) is 0 Å². The maximum Gasteiger partial charge on any atom is 0.283 e. The number of aromatic amines is 1. The number of aromatic nitrogens is 1. The number of nitrogens with one attached hydrogen (secondary N) is 1. The summed E-state index contributed by atoms with van der Waals surface area (Å²) in [6.45, 7) is 1.09. The number of aliphatic hydroxyl groups excluding tert-OH is 1. The molecule has 5 rings (SSSR count). The summed E-state index contributed by atoms with van der Waals surface area (Å²) in [7, 11) is 0. The van der Waals surface area contributed by atoms with E-state index in [9.17, 15) is 22.7 Å². The van der Waals surface area contributed by atoms with Crippen LogP contribution >= 0.6 is 0 Å². The van der Waals surface area contributed by atoms with Crippen molar-refractivity contribution < 1.29 is 31.4 Å². The zero-order valence-electron chi connectivity index (χ0n) is 21.1. The number of fused-ring (bicyclic) bond motifs is 3. The van der Waals surface area contributed by atoms with Gasteiger partial charge in [-0.1, -0.05) is 0 Å². The van der Waals surface area contributed by atoms with Crippen molar-refractivity contribution in [3.63, 3.8) is 0 Å². The van der Waals surface area contributed by atoms with Crippen LogP contribution in [0.2, 0.25) is 0 Å². The van der Waals surface area contributed by atoms with Crippen molar-refractivity contribution in [2.24, 2.45) is 5.92 Å². The topological polar surface area (TPSA) is 42.5 Å². The molecule has 0 amide bonds. The Kier molecular flexibility index (Phi) is 7.50. The molecule has 10 heteroatoms. The van der Waals surface area contributed by atoms with Gasteiger partial charge >= 0.3 is 0 Å². The van der Waals surface area contributed by atoms with Crippen molar-refractivity contribution in [3.8, 4) is 0 Å². The molecule has 1 fully saturated rings. The van der Waals surface area contributed by atoms with Crippen molar-refractivity contribution in [1.82, 2.24) is 14.8 Å². The van der Waals surface area contributed by atoms with Crippen LogP contribution in [0.4, 0.5) is 26.3 Å². The van der Waals surface area contributed by atoms with Crippen LogP contribution in [0.5, 0.6) is 0 Å². The lowest BCUT2D eigenvalue weighted by atomic mass is 9.86. The molecule has 1 saturated heterocycles. The van der Waals surface area contributed by atoms with Crippen LogP contribution in [0.25, 0.3) is 10.9 Å². The minimum atomic E-state index is -3.49. The summed E-state index contributed by atoms with van der Waals surface area (Å²) >= 11 is 0. The van der Waals surface area contributed by atoms with Crippen LogP contribution < -0.4 is 0 Å². The molecule has 2 aliphatic heterocycles. The van der Waals surface area contributed by atoms with Gasteiger partial charge < -0.3 is 15.0 Å². The van der Waals surface area contributed by atoms with Crippen LogP contribution in [0, 0.1) is 23.4 Å². The standard InChI is InChI=1S/C28H31F6N3O/c1-16-7-21-20-11-19(30)3-4-24(20)35-26(21)27(37(16)14-28(33,34)15-38)25-22(31)9-17(10-23(25)32)8-18-12-36(13-18)6-2-5-29/h3-4,9-11,16,18,27,35,38H,2,5-8,12-15H2,1H3/t16-,27-/m1/s1. The van der Waals surface area contributed by atoms with Crippen molar-refractivity contribution >= 4 is 10.9 Å². The highest BCUT2D eigenvalue weighted by atomic mass is 19.3. The Bertz CT molecular complexity index is 1280. The highest BCUT2D eigenvalue weighted by molar-refractivity contribution is 5.85. The van der Waals surface area contributed by atoms with Crippen LogP contribution in [-0.2, 0) is 12.8 Å². The number of halogens is 6. The molecule has 4 nitrogen and oxygen atoms in total. The molecule has 3 aromatic rings. The Morgan fingerprint density at radius 2 is 1.79 bits per heavy atom. The van der Waals surface area contributed by atoms with Crippen molar-refractivity contribution in [2.45, 2.75) is 44.2 Å². The molecule has 2 N–H and O–H groups in total. The zero-order valence-corrected chi connectivity index (χ0v) is 21.1. The first kappa shape index (κ1) is 27.0. The van der Waals surface area contributed by atoms with Gasteiger partial charge in [-0.25, -0.2) is 22.0 Å². The summed E-state index contributed by atoms with van der Waals surface area (Å²) in [5.74, 6) is -5.46. The van der Waals surface area contributed by atoms with E-state index in [4.69, 9.17) is 0 Å². The van der Waals surface area contributed by atoms with E-state index in [2.05, 4.69) is 9.88 Å². The fourth-order valence-electron chi connectivity index (χ4n) is 6.02. The third-order valence-corrected chi connectivity index (χ3v) is 7.79. The maximum atomic E-state index is 15.7. The fourth-order valence-corrected chi connectivity index (χ4v) is 6.02. The van der Waals surface area contributed by atoms with Gasteiger partial charge in [0.15, 0.2) is 0 Å². The molecule has 3 heterocycles. The number of benzene rings is 2. The van der Waals surface area contributed by atoms with Gasteiger partial charge in [0.1, 0.15) is 24.1 Å². The Morgan fingerprint density at radius 3 is 2.45 bits per heavy atom. The monoisotopic (exact) mass is 539 g/mol. The van der Waals surface area contributed by atoms with Crippen LogP contribution in [-0.4, -0.2) is 71.3 Å². The largest absolute Gasteiger partial charge is 0.390 e. The predicted molar refractivity (Wildman–Crippen MR) is 133 cm³/mol. The summed E-state index contributed by atoms with van der Waals surface area (Å²) in [6, 6.07) is 4.82. The van der Waals surface area contributed by atoms with Crippen LogP contribution in [0.3, 0.4) is 0 Å².